The van der Waals surface area contributed by atoms with Crippen LogP contribution in [-0.4, -0.2) is 22.4 Å². The Bertz CT molecular complexity index is 907. The number of nitriles is 1. The zero-order valence-electron chi connectivity index (χ0n) is 14.5. The van der Waals surface area contributed by atoms with Crippen LogP contribution in [0.5, 0.6) is 0 Å². The maximum Gasteiger partial charge on any atom is 0.253 e. The minimum absolute atomic E-state index is 0.0672. The molecule has 0 aromatic heterocycles. The van der Waals surface area contributed by atoms with Gasteiger partial charge >= 0.3 is 0 Å². The summed E-state index contributed by atoms with van der Waals surface area (Å²) in [5.74, 6) is -1.22. The summed E-state index contributed by atoms with van der Waals surface area (Å²) in [5.41, 5.74) is 0.372. The van der Waals surface area contributed by atoms with Crippen molar-refractivity contribution in [2.45, 2.75) is 17.4 Å². The van der Waals surface area contributed by atoms with E-state index in [0.29, 0.717) is 10.6 Å². The molecule has 0 heterocycles. The number of benzene rings is 2. The lowest BCUT2D eigenvalue weighted by molar-refractivity contribution is 0.0935. The van der Waals surface area contributed by atoms with E-state index in [1.54, 1.807) is 24.4 Å². The number of guanidine groups is 1. The van der Waals surface area contributed by atoms with Gasteiger partial charge in [0.05, 0.1) is 5.69 Å². The molecule has 1 unspecified atom stereocenters. The number of nitrogens with zero attached hydrogens (tertiary/aromatic N) is 2. The molecule has 2 rings (SSSR count). The summed E-state index contributed by atoms with van der Waals surface area (Å²) in [5, 5.41) is 16.9. The maximum atomic E-state index is 13.9. The highest BCUT2D eigenvalue weighted by Gasteiger charge is 2.32. The molecule has 146 valence electrons. The third-order valence-electron chi connectivity index (χ3n) is 3.41. The SMILES string of the molecule is CC(Cl)(Cl)C(/N=C(/NC#N)Nc1ccccc1F)NC(=O)c1ccc(Cl)cc1. The smallest absolute Gasteiger partial charge is 0.253 e. The molecular formula is C18H15Cl3FN5O. The molecular weight excluding hydrogens is 428 g/mol. The Morgan fingerprint density at radius 2 is 1.86 bits per heavy atom. The topological polar surface area (TPSA) is 89.3 Å². The molecule has 10 heteroatoms. The molecule has 1 atom stereocenters. The van der Waals surface area contributed by atoms with Crippen molar-refractivity contribution in [3.05, 3.63) is 64.9 Å². The molecule has 1 amide bonds. The van der Waals surface area contributed by atoms with Crippen LogP contribution in [0.4, 0.5) is 10.1 Å². The van der Waals surface area contributed by atoms with Crippen LogP contribution < -0.4 is 16.0 Å². The number of aliphatic imine (C=N–C) groups is 1. The van der Waals surface area contributed by atoms with Crippen LogP contribution in [0.15, 0.2) is 53.5 Å². The van der Waals surface area contributed by atoms with E-state index in [9.17, 15) is 9.18 Å². The largest absolute Gasteiger partial charge is 0.328 e. The van der Waals surface area contributed by atoms with Crippen molar-refractivity contribution < 1.29 is 9.18 Å². The second kappa shape index (κ2) is 9.60. The van der Waals surface area contributed by atoms with Gasteiger partial charge in [0.25, 0.3) is 5.91 Å². The first-order valence-electron chi connectivity index (χ1n) is 7.89. The Morgan fingerprint density at radius 1 is 1.21 bits per heavy atom. The first-order valence-corrected chi connectivity index (χ1v) is 9.03. The number of hydrogen-bond donors (Lipinski definition) is 3. The average molecular weight is 443 g/mol. The summed E-state index contributed by atoms with van der Waals surface area (Å²) in [4.78, 5) is 16.6. The van der Waals surface area contributed by atoms with Crippen LogP contribution in [0, 0.1) is 17.3 Å². The average Bonchev–Trinajstić information content (AvgIpc) is 2.63. The Balaban J connectivity index is 2.28. The van der Waals surface area contributed by atoms with E-state index < -0.39 is 22.2 Å². The maximum absolute atomic E-state index is 13.9. The number of para-hydroxylation sites is 1. The van der Waals surface area contributed by atoms with Gasteiger partial charge < -0.3 is 10.6 Å². The van der Waals surface area contributed by atoms with Gasteiger partial charge in [0.1, 0.15) is 5.82 Å². The van der Waals surface area contributed by atoms with E-state index in [1.165, 1.54) is 37.3 Å². The number of halogens is 4. The van der Waals surface area contributed by atoms with Crippen molar-refractivity contribution in [1.82, 2.24) is 10.6 Å². The third-order valence-corrected chi connectivity index (χ3v) is 4.08. The molecule has 0 saturated heterocycles. The van der Waals surface area contributed by atoms with Crippen molar-refractivity contribution in [2.75, 3.05) is 5.32 Å². The first kappa shape index (κ1) is 21.8. The molecule has 0 aliphatic heterocycles. The first-order chi connectivity index (χ1) is 13.2. The molecule has 0 spiro atoms. The number of alkyl halides is 2. The summed E-state index contributed by atoms with van der Waals surface area (Å²) < 4.78 is 12.3. The van der Waals surface area contributed by atoms with E-state index in [0.717, 1.165) is 0 Å². The Hall–Kier alpha value is -2.53. The summed E-state index contributed by atoms with van der Waals surface area (Å²) in [6.45, 7) is 1.42. The second-order valence-electron chi connectivity index (χ2n) is 5.66. The van der Waals surface area contributed by atoms with Crippen molar-refractivity contribution in [2.24, 2.45) is 4.99 Å². The standard InChI is InChI=1S/C18H15Cl3FN5O/c1-18(20,21)16(26-15(28)11-6-8-12(19)9-7-11)27-17(24-10-23)25-14-5-3-2-4-13(14)22/h2-9,16H,1H3,(H,26,28)(H2,24,25,27). The second-order valence-corrected chi connectivity index (χ2v) is 7.86. The lowest BCUT2D eigenvalue weighted by Gasteiger charge is -2.25. The quantitative estimate of drug-likeness (QED) is 0.212. The molecule has 0 bridgehead atoms. The lowest BCUT2D eigenvalue weighted by atomic mass is 10.2. The molecule has 0 saturated carbocycles. The molecule has 2 aromatic rings. The predicted molar refractivity (Wildman–Crippen MR) is 109 cm³/mol. The summed E-state index contributed by atoms with van der Waals surface area (Å²) >= 11 is 18.1. The van der Waals surface area contributed by atoms with Crippen LogP contribution in [0.25, 0.3) is 0 Å². The molecule has 2 aromatic carbocycles. The molecule has 3 N–H and O–H groups in total. The van der Waals surface area contributed by atoms with Crippen molar-refractivity contribution in [1.29, 1.82) is 5.26 Å². The van der Waals surface area contributed by atoms with Gasteiger partial charge in [-0.15, -0.1) is 0 Å². The Morgan fingerprint density at radius 3 is 2.43 bits per heavy atom. The highest BCUT2D eigenvalue weighted by Crippen LogP contribution is 2.26. The monoisotopic (exact) mass is 441 g/mol. The van der Waals surface area contributed by atoms with E-state index in [4.69, 9.17) is 40.1 Å². The summed E-state index contributed by atoms with van der Waals surface area (Å²) in [6, 6.07) is 11.9. The minimum atomic E-state index is -1.54. The number of carbonyl (C=O) groups is 1. The predicted octanol–water partition coefficient (Wildman–Crippen LogP) is 4.27. The van der Waals surface area contributed by atoms with Gasteiger partial charge in [0.15, 0.2) is 16.7 Å². The lowest BCUT2D eigenvalue weighted by Crippen LogP contribution is -2.45. The van der Waals surface area contributed by atoms with Gasteiger partial charge in [-0.3, -0.25) is 10.1 Å². The number of amides is 1. The molecule has 0 fully saturated rings. The fourth-order valence-electron chi connectivity index (χ4n) is 2.05. The normalized spacial score (nSPS) is 12.6. The van der Waals surface area contributed by atoms with Crippen LogP contribution in [0.2, 0.25) is 5.02 Å². The zero-order valence-corrected chi connectivity index (χ0v) is 16.8. The van der Waals surface area contributed by atoms with E-state index in [2.05, 4.69) is 20.9 Å². The van der Waals surface area contributed by atoms with Crippen molar-refractivity contribution in [3.63, 3.8) is 0 Å². The fourth-order valence-corrected chi connectivity index (χ4v) is 2.38. The van der Waals surface area contributed by atoms with Gasteiger partial charge in [-0.1, -0.05) is 46.9 Å². The van der Waals surface area contributed by atoms with E-state index in [-0.39, 0.29) is 11.6 Å². The molecule has 0 aliphatic rings. The van der Waals surface area contributed by atoms with Crippen LogP contribution in [0.1, 0.15) is 17.3 Å². The number of hydrogen-bond acceptors (Lipinski definition) is 3. The van der Waals surface area contributed by atoms with Gasteiger partial charge in [0.2, 0.25) is 5.96 Å². The van der Waals surface area contributed by atoms with Crippen LogP contribution >= 0.6 is 34.8 Å². The molecule has 28 heavy (non-hydrogen) atoms. The van der Waals surface area contributed by atoms with E-state index >= 15 is 0 Å². The van der Waals surface area contributed by atoms with Gasteiger partial charge in [-0.2, -0.15) is 5.26 Å². The number of nitrogens with one attached hydrogen (secondary N) is 3. The van der Waals surface area contributed by atoms with Crippen molar-refractivity contribution in [3.8, 4) is 6.19 Å². The van der Waals surface area contributed by atoms with Crippen LogP contribution in [-0.2, 0) is 0 Å². The molecule has 6 nitrogen and oxygen atoms in total. The third kappa shape index (κ3) is 6.27. The van der Waals surface area contributed by atoms with Gasteiger partial charge in [-0.25, -0.2) is 9.38 Å². The number of carbonyl (C=O) groups excluding carboxylic acids is 1. The summed E-state index contributed by atoms with van der Waals surface area (Å²) in [7, 11) is 0. The summed E-state index contributed by atoms with van der Waals surface area (Å²) in [6.07, 6.45) is 0.504. The number of rotatable bonds is 5. The van der Waals surface area contributed by atoms with Crippen molar-refractivity contribution >= 4 is 52.4 Å². The highest BCUT2D eigenvalue weighted by atomic mass is 35.5. The van der Waals surface area contributed by atoms with Crippen LogP contribution in [0.3, 0.4) is 0 Å². The number of anilines is 1. The Labute approximate surface area is 176 Å². The molecule has 0 radical (unpaired) electrons. The zero-order chi connectivity index (χ0) is 20.7. The fraction of sp³-hybridized carbons (Fsp3) is 0.167. The minimum Gasteiger partial charge on any atom is -0.328 e. The van der Waals surface area contributed by atoms with Gasteiger partial charge in [-0.05, 0) is 43.3 Å². The molecule has 0 aliphatic carbocycles. The van der Waals surface area contributed by atoms with E-state index in [1.807, 2.05) is 0 Å². The van der Waals surface area contributed by atoms with Gasteiger partial charge in [0, 0.05) is 10.6 Å². The highest BCUT2D eigenvalue weighted by molar-refractivity contribution is 6.48. The Kier molecular flexibility index (Phi) is 7.46.